The summed E-state index contributed by atoms with van der Waals surface area (Å²) in [5.41, 5.74) is 0.934. The van der Waals surface area contributed by atoms with Crippen LogP contribution in [0.5, 0.6) is 5.75 Å². The number of hydrogen-bond donors (Lipinski definition) is 2. The van der Waals surface area contributed by atoms with Crippen LogP contribution in [-0.4, -0.2) is 27.9 Å². The molecule has 3 amide bonds. The zero-order valence-corrected chi connectivity index (χ0v) is 16.7. The fourth-order valence-corrected chi connectivity index (χ4v) is 2.85. The Kier molecular flexibility index (Phi) is 7.48. The second-order valence-corrected chi connectivity index (χ2v) is 7.07. The second-order valence-electron chi connectivity index (χ2n) is 5.71. The molecule has 0 aliphatic carbocycles. The van der Waals surface area contributed by atoms with Gasteiger partial charge in [0.25, 0.3) is 11.1 Å². The number of carbonyl (C=O) groups is 2. The molecule has 29 heavy (non-hydrogen) atoms. The van der Waals surface area contributed by atoms with E-state index in [0.29, 0.717) is 17.3 Å². The van der Waals surface area contributed by atoms with Crippen LogP contribution in [0.4, 0.5) is 4.79 Å². The molecule has 0 aliphatic heterocycles. The number of aromatic nitrogens is 2. The maximum absolute atomic E-state index is 11.9. The zero-order valence-electron chi connectivity index (χ0n) is 15.1. The highest BCUT2D eigenvalue weighted by Gasteiger charge is 2.12. The van der Waals surface area contributed by atoms with Gasteiger partial charge in [0, 0.05) is 11.6 Å². The Morgan fingerprint density at radius 2 is 1.83 bits per heavy atom. The van der Waals surface area contributed by atoms with Crippen LogP contribution in [0.15, 0.2) is 64.2 Å². The third-order valence-electron chi connectivity index (χ3n) is 3.50. The van der Waals surface area contributed by atoms with Gasteiger partial charge in [0.1, 0.15) is 5.75 Å². The van der Waals surface area contributed by atoms with Gasteiger partial charge >= 0.3 is 6.03 Å². The van der Waals surface area contributed by atoms with Crippen molar-refractivity contribution in [2.24, 2.45) is 0 Å². The lowest BCUT2D eigenvalue weighted by Gasteiger charge is -2.06. The fourth-order valence-electron chi connectivity index (χ4n) is 2.14. The molecule has 2 aromatic carbocycles. The van der Waals surface area contributed by atoms with Crippen LogP contribution in [-0.2, 0) is 17.9 Å². The van der Waals surface area contributed by atoms with Crippen molar-refractivity contribution in [3.8, 4) is 5.75 Å². The molecule has 0 radical (unpaired) electrons. The Labute approximate surface area is 176 Å². The number of nitrogens with zero attached hydrogens (tertiary/aromatic N) is 2. The first-order valence-electron chi connectivity index (χ1n) is 8.53. The first kappa shape index (κ1) is 20.7. The van der Waals surface area contributed by atoms with Crippen LogP contribution < -0.4 is 15.4 Å². The number of nitrogens with one attached hydrogen (secondary N) is 2. The van der Waals surface area contributed by atoms with Gasteiger partial charge in [-0.2, -0.15) is 0 Å². The summed E-state index contributed by atoms with van der Waals surface area (Å²) in [6.45, 7) is 0.414. The van der Waals surface area contributed by atoms with E-state index in [9.17, 15) is 9.59 Å². The van der Waals surface area contributed by atoms with Gasteiger partial charge in [-0.1, -0.05) is 53.7 Å². The maximum Gasteiger partial charge on any atom is 0.321 e. The van der Waals surface area contributed by atoms with Gasteiger partial charge in [-0.3, -0.25) is 10.1 Å². The SMILES string of the molecule is O=C(CSc1nnc(COc2ccc(Cl)cc2)o1)NC(=O)NCc1ccccc1. The van der Waals surface area contributed by atoms with Gasteiger partial charge in [-0.15, -0.1) is 10.2 Å². The molecule has 0 fully saturated rings. The first-order chi connectivity index (χ1) is 14.1. The molecule has 2 N–H and O–H groups in total. The van der Waals surface area contributed by atoms with Crippen molar-refractivity contribution in [2.45, 2.75) is 18.4 Å². The molecule has 0 saturated carbocycles. The van der Waals surface area contributed by atoms with E-state index in [0.717, 1.165) is 17.3 Å². The summed E-state index contributed by atoms with van der Waals surface area (Å²) in [7, 11) is 0. The third kappa shape index (κ3) is 7.13. The number of imide groups is 1. The Balaban J connectivity index is 1.36. The number of urea groups is 1. The van der Waals surface area contributed by atoms with E-state index >= 15 is 0 Å². The van der Waals surface area contributed by atoms with Gasteiger partial charge in [0.2, 0.25) is 5.91 Å². The van der Waals surface area contributed by atoms with Gasteiger partial charge in [0.15, 0.2) is 6.61 Å². The van der Waals surface area contributed by atoms with Crippen molar-refractivity contribution in [3.63, 3.8) is 0 Å². The molecule has 10 heteroatoms. The molecular weight excluding hydrogens is 416 g/mol. The third-order valence-corrected chi connectivity index (χ3v) is 4.57. The highest BCUT2D eigenvalue weighted by molar-refractivity contribution is 7.99. The van der Waals surface area contributed by atoms with Crippen molar-refractivity contribution in [1.82, 2.24) is 20.8 Å². The van der Waals surface area contributed by atoms with Crippen molar-refractivity contribution in [3.05, 3.63) is 71.1 Å². The summed E-state index contributed by atoms with van der Waals surface area (Å²) in [5.74, 6) is 0.363. The van der Waals surface area contributed by atoms with Gasteiger partial charge in [0.05, 0.1) is 5.75 Å². The van der Waals surface area contributed by atoms with Crippen molar-refractivity contribution >= 4 is 35.3 Å². The molecular formula is C19H17ClN4O4S. The highest BCUT2D eigenvalue weighted by atomic mass is 35.5. The lowest BCUT2D eigenvalue weighted by molar-refractivity contribution is -0.117. The molecule has 0 spiro atoms. The molecule has 0 atom stereocenters. The van der Waals surface area contributed by atoms with Crippen LogP contribution in [0.25, 0.3) is 0 Å². The molecule has 150 valence electrons. The number of thioether (sulfide) groups is 1. The molecule has 1 aromatic heterocycles. The van der Waals surface area contributed by atoms with Crippen LogP contribution in [0, 0.1) is 0 Å². The van der Waals surface area contributed by atoms with E-state index in [1.54, 1.807) is 24.3 Å². The minimum atomic E-state index is -0.568. The predicted octanol–water partition coefficient (Wildman–Crippen LogP) is 3.42. The highest BCUT2D eigenvalue weighted by Crippen LogP contribution is 2.19. The smallest absolute Gasteiger partial charge is 0.321 e. The van der Waals surface area contributed by atoms with Crippen LogP contribution in [0.1, 0.15) is 11.5 Å². The number of amides is 3. The first-order valence-corrected chi connectivity index (χ1v) is 9.90. The Hall–Kier alpha value is -3.04. The van der Waals surface area contributed by atoms with Crippen molar-refractivity contribution in [2.75, 3.05) is 5.75 Å². The number of rotatable bonds is 8. The van der Waals surface area contributed by atoms with E-state index in [1.165, 1.54) is 0 Å². The average molecular weight is 433 g/mol. The van der Waals surface area contributed by atoms with Gasteiger partial charge < -0.3 is 14.5 Å². The van der Waals surface area contributed by atoms with Crippen molar-refractivity contribution < 1.29 is 18.7 Å². The molecule has 0 aliphatic rings. The summed E-state index contributed by atoms with van der Waals surface area (Å²) in [4.78, 5) is 23.6. The van der Waals surface area contributed by atoms with Crippen molar-refractivity contribution in [1.29, 1.82) is 0 Å². The number of benzene rings is 2. The molecule has 1 heterocycles. The lowest BCUT2D eigenvalue weighted by Crippen LogP contribution is -2.39. The number of carbonyl (C=O) groups excluding carboxylic acids is 2. The average Bonchev–Trinajstić information content (AvgIpc) is 3.19. The Morgan fingerprint density at radius 3 is 2.59 bits per heavy atom. The van der Waals surface area contributed by atoms with Crippen LogP contribution in [0.2, 0.25) is 5.02 Å². The largest absolute Gasteiger partial charge is 0.484 e. The van der Waals surface area contributed by atoms with E-state index in [4.69, 9.17) is 20.8 Å². The summed E-state index contributed by atoms with van der Waals surface area (Å²) < 4.78 is 10.9. The lowest BCUT2D eigenvalue weighted by atomic mass is 10.2. The monoisotopic (exact) mass is 432 g/mol. The zero-order chi connectivity index (χ0) is 20.5. The van der Waals surface area contributed by atoms with Crippen LogP contribution in [0.3, 0.4) is 0 Å². The molecule has 0 unspecified atom stereocenters. The summed E-state index contributed by atoms with van der Waals surface area (Å²) in [5, 5.41) is 13.4. The molecule has 3 aromatic rings. The molecule has 8 nitrogen and oxygen atoms in total. The molecule has 0 bridgehead atoms. The number of hydrogen-bond acceptors (Lipinski definition) is 7. The molecule has 3 rings (SSSR count). The van der Waals surface area contributed by atoms with E-state index < -0.39 is 11.9 Å². The topological polar surface area (TPSA) is 106 Å². The second kappa shape index (κ2) is 10.5. The Bertz CT molecular complexity index is 950. The van der Waals surface area contributed by atoms with E-state index in [2.05, 4.69) is 20.8 Å². The molecule has 0 saturated heterocycles. The quantitative estimate of drug-likeness (QED) is 0.525. The fraction of sp³-hybridized carbons (Fsp3) is 0.158. The number of halogens is 1. The minimum Gasteiger partial charge on any atom is -0.484 e. The summed E-state index contributed by atoms with van der Waals surface area (Å²) in [6, 6.07) is 15.7. The minimum absolute atomic E-state index is 0.0432. The summed E-state index contributed by atoms with van der Waals surface area (Å²) >= 11 is 6.84. The normalized spacial score (nSPS) is 10.4. The van der Waals surface area contributed by atoms with E-state index in [1.807, 2.05) is 30.3 Å². The predicted molar refractivity (Wildman–Crippen MR) is 108 cm³/mol. The van der Waals surface area contributed by atoms with E-state index in [-0.39, 0.29) is 23.5 Å². The summed E-state index contributed by atoms with van der Waals surface area (Å²) in [6.07, 6.45) is 0. The number of ether oxygens (including phenoxy) is 1. The van der Waals surface area contributed by atoms with Crippen LogP contribution >= 0.6 is 23.4 Å². The maximum atomic E-state index is 11.9. The van der Waals surface area contributed by atoms with Gasteiger partial charge in [-0.05, 0) is 29.8 Å². The standard InChI is InChI=1S/C19H17ClN4O4S/c20-14-6-8-15(9-7-14)27-11-17-23-24-19(28-17)29-12-16(25)22-18(26)21-10-13-4-2-1-3-5-13/h1-9H,10-12H2,(H2,21,22,25,26). The Morgan fingerprint density at radius 1 is 1.07 bits per heavy atom. The van der Waals surface area contributed by atoms with Gasteiger partial charge in [-0.25, -0.2) is 4.79 Å².